The van der Waals surface area contributed by atoms with E-state index in [2.05, 4.69) is 20.8 Å². The number of piperidine rings is 1. The van der Waals surface area contributed by atoms with E-state index in [1.165, 1.54) is 0 Å². The van der Waals surface area contributed by atoms with Crippen LogP contribution in [0, 0.1) is 11.8 Å². The average Bonchev–Trinajstić information content (AvgIpc) is 2.85. The van der Waals surface area contributed by atoms with Gasteiger partial charge in [0.25, 0.3) is 5.91 Å². The molecule has 2 rings (SSSR count). The van der Waals surface area contributed by atoms with Crippen molar-refractivity contribution < 1.29 is 14.3 Å². The van der Waals surface area contributed by atoms with Crippen LogP contribution in [0.2, 0.25) is 0 Å². The molecule has 1 saturated heterocycles. The predicted octanol–water partition coefficient (Wildman–Crippen LogP) is 5.40. The Hall–Kier alpha value is -2.37. The molecule has 1 amide bonds. The molecule has 0 spiro atoms. The van der Waals surface area contributed by atoms with Gasteiger partial charge in [-0.05, 0) is 57.1 Å². The molecule has 2 N–H and O–H groups in total. The fourth-order valence-electron chi connectivity index (χ4n) is 5.20. The Morgan fingerprint density at radius 1 is 1.09 bits per heavy atom. The van der Waals surface area contributed by atoms with E-state index in [0.717, 1.165) is 57.8 Å². The number of hydrogen-bond donors (Lipinski definition) is 1. The number of nitrogens with two attached hydrogens (primary N) is 1. The molecule has 0 aliphatic carbocycles. The molecule has 1 unspecified atom stereocenters. The number of amides is 1. The second kappa shape index (κ2) is 14.1. The molecule has 1 aliphatic heterocycles. The number of para-hydroxylation sites is 1. The zero-order valence-corrected chi connectivity index (χ0v) is 21.7. The summed E-state index contributed by atoms with van der Waals surface area (Å²) in [5.74, 6) is 1.69. The lowest BCUT2D eigenvalue weighted by molar-refractivity contribution is -0.136. The summed E-state index contributed by atoms with van der Waals surface area (Å²) < 4.78 is 5.64. The number of aliphatic imine (C=N–C) groups is 1. The van der Waals surface area contributed by atoms with Gasteiger partial charge in [0.15, 0.2) is 12.4 Å². The quantitative estimate of drug-likeness (QED) is 0.291. The van der Waals surface area contributed by atoms with Crippen molar-refractivity contribution >= 4 is 17.5 Å². The average molecular weight is 472 g/mol. The van der Waals surface area contributed by atoms with Gasteiger partial charge in [-0.1, -0.05) is 64.7 Å². The molecule has 1 aromatic carbocycles. The maximum atomic E-state index is 14.1. The minimum absolute atomic E-state index is 0.00488. The Morgan fingerprint density at radius 2 is 1.68 bits per heavy atom. The van der Waals surface area contributed by atoms with Gasteiger partial charge in [0, 0.05) is 19.0 Å². The second-order valence-electron chi connectivity index (χ2n) is 9.69. The fraction of sp³-hybridized carbons (Fsp3) is 0.679. The number of unbranched alkanes of at least 4 members (excludes halogenated alkanes) is 2. The SMILES string of the molecule is CCCCC(CCCC)(N=C(C)N)C(=O)C(CC)C1CCN(C(=O)COc2ccccc2)CC1. The Morgan fingerprint density at radius 3 is 2.18 bits per heavy atom. The third-order valence-corrected chi connectivity index (χ3v) is 7.08. The number of carbonyl (C=O) groups is 2. The molecule has 190 valence electrons. The minimum atomic E-state index is -0.706. The molecule has 0 aromatic heterocycles. The molecule has 1 aromatic rings. The molecule has 0 radical (unpaired) electrons. The summed E-state index contributed by atoms with van der Waals surface area (Å²) in [6.07, 6.45) is 8.00. The lowest BCUT2D eigenvalue weighted by Crippen LogP contribution is -2.48. The number of ether oxygens (including phenoxy) is 1. The summed E-state index contributed by atoms with van der Waals surface area (Å²) in [7, 11) is 0. The van der Waals surface area contributed by atoms with Gasteiger partial charge in [-0.25, -0.2) is 0 Å². The lowest BCUT2D eigenvalue weighted by Gasteiger charge is -2.39. The summed E-state index contributed by atoms with van der Waals surface area (Å²) >= 11 is 0. The van der Waals surface area contributed by atoms with Crippen molar-refractivity contribution in [3.8, 4) is 5.75 Å². The highest BCUT2D eigenvalue weighted by Crippen LogP contribution is 2.37. The molecular weight excluding hydrogens is 426 g/mol. The minimum Gasteiger partial charge on any atom is -0.484 e. The van der Waals surface area contributed by atoms with Crippen LogP contribution in [0.5, 0.6) is 5.75 Å². The van der Waals surface area contributed by atoms with E-state index in [1.807, 2.05) is 35.2 Å². The Labute approximate surface area is 206 Å². The van der Waals surface area contributed by atoms with Crippen molar-refractivity contribution in [3.05, 3.63) is 30.3 Å². The van der Waals surface area contributed by atoms with Gasteiger partial charge in [0.1, 0.15) is 11.3 Å². The Kier molecular flexibility index (Phi) is 11.6. The zero-order chi connectivity index (χ0) is 25.0. The van der Waals surface area contributed by atoms with Gasteiger partial charge in [-0.15, -0.1) is 0 Å². The van der Waals surface area contributed by atoms with E-state index < -0.39 is 5.54 Å². The van der Waals surface area contributed by atoms with Gasteiger partial charge in [0.2, 0.25) is 0 Å². The normalized spacial score (nSPS) is 16.4. The smallest absolute Gasteiger partial charge is 0.260 e. The van der Waals surface area contributed by atoms with Gasteiger partial charge >= 0.3 is 0 Å². The van der Waals surface area contributed by atoms with Crippen LogP contribution in [0.3, 0.4) is 0 Å². The molecule has 6 nitrogen and oxygen atoms in total. The number of carbonyl (C=O) groups excluding carboxylic acids is 2. The van der Waals surface area contributed by atoms with Gasteiger partial charge < -0.3 is 15.4 Å². The first-order valence-corrected chi connectivity index (χ1v) is 13.2. The maximum absolute atomic E-state index is 14.1. The Balaban J connectivity index is 2.05. The van der Waals surface area contributed by atoms with Crippen LogP contribution in [0.1, 0.15) is 85.5 Å². The van der Waals surface area contributed by atoms with Crippen LogP contribution < -0.4 is 10.5 Å². The van der Waals surface area contributed by atoms with E-state index in [4.69, 9.17) is 15.5 Å². The number of Topliss-reactive ketones (excluding diaryl/α,β-unsaturated/α-hetero) is 1. The van der Waals surface area contributed by atoms with Gasteiger partial charge in [-0.2, -0.15) is 0 Å². The first-order chi connectivity index (χ1) is 16.4. The molecule has 0 saturated carbocycles. The monoisotopic (exact) mass is 471 g/mol. The predicted molar refractivity (Wildman–Crippen MR) is 139 cm³/mol. The third kappa shape index (κ3) is 7.85. The van der Waals surface area contributed by atoms with Crippen LogP contribution in [-0.4, -0.2) is 47.7 Å². The van der Waals surface area contributed by atoms with Crippen molar-refractivity contribution in [2.24, 2.45) is 22.6 Å². The van der Waals surface area contributed by atoms with Crippen LogP contribution in [0.15, 0.2) is 35.3 Å². The van der Waals surface area contributed by atoms with Crippen LogP contribution in [0.4, 0.5) is 0 Å². The summed E-state index contributed by atoms with van der Waals surface area (Å²) in [5.41, 5.74) is 5.34. The molecule has 1 aliphatic rings. The van der Waals surface area contributed by atoms with E-state index in [9.17, 15) is 9.59 Å². The molecule has 34 heavy (non-hydrogen) atoms. The van der Waals surface area contributed by atoms with Crippen molar-refractivity contribution in [1.82, 2.24) is 4.90 Å². The number of nitrogens with zero attached hydrogens (tertiary/aromatic N) is 2. The van der Waals surface area contributed by atoms with Crippen LogP contribution in [-0.2, 0) is 9.59 Å². The summed E-state index contributed by atoms with van der Waals surface area (Å²) in [6.45, 7) is 9.59. The summed E-state index contributed by atoms with van der Waals surface area (Å²) in [5, 5.41) is 0. The number of amidine groups is 1. The molecule has 1 fully saturated rings. The second-order valence-corrected chi connectivity index (χ2v) is 9.69. The lowest BCUT2D eigenvalue weighted by atomic mass is 9.71. The number of benzene rings is 1. The van der Waals surface area contributed by atoms with Gasteiger partial charge in [0.05, 0.1) is 5.84 Å². The van der Waals surface area contributed by atoms with E-state index >= 15 is 0 Å². The molecule has 1 atom stereocenters. The van der Waals surface area contributed by atoms with Crippen molar-refractivity contribution in [1.29, 1.82) is 0 Å². The fourth-order valence-corrected chi connectivity index (χ4v) is 5.20. The number of rotatable bonds is 14. The first-order valence-electron chi connectivity index (χ1n) is 13.2. The topological polar surface area (TPSA) is 85.0 Å². The molecular formula is C28H45N3O3. The standard InChI is InChI=1S/C28H45N3O3/c1-5-8-17-28(18-9-6-2,30-22(4)29)27(33)25(7-3)23-15-19-31(20-16-23)26(32)21-34-24-13-11-10-12-14-24/h10-14,23,25H,5-9,15-21H2,1-4H3,(H2,29,30). The number of ketones is 1. The summed E-state index contributed by atoms with van der Waals surface area (Å²) in [4.78, 5) is 33.4. The third-order valence-electron chi connectivity index (χ3n) is 7.08. The molecule has 1 heterocycles. The molecule has 0 bridgehead atoms. The largest absolute Gasteiger partial charge is 0.484 e. The summed E-state index contributed by atoms with van der Waals surface area (Å²) in [6, 6.07) is 9.41. The van der Waals surface area contributed by atoms with Crippen molar-refractivity contribution in [2.45, 2.75) is 91.0 Å². The van der Waals surface area contributed by atoms with E-state index in [-0.39, 0.29) is 30.1 Å². The highest BCUT2D eigenvalue weighted by atomic mass is 16.5. The van der Waals surface area contributed by atoms with Gasteiger partial charge in [-0.3, -0.25) is 14.6 Å². The first kappa shape index (κ1) is 27.9. The highest BCUT2D eigenvalue weighted by Gasteiger charge is 2.43. The zero-order valence-electron chi connectivity index (χ0n) is 21.7. The maximum Gasteiger partial charge on any atom is 0.260 e. The highest BCUT2D eigenvalue weighted by molar-refractivity contribution is 5.93. The van der Waals surface area contributed by atoms with Crippen molar-refractivity contribution in [3.63, 3.8) is 0 Å². The van der Waals surface area contributed by atoms with Crippen molar-refractivity contribution in [2.75, 3.05) is 19.7 Å². The van der Waals surface area contributed by atoms with Crippen LogP contribution >= 0.6 is 0 Å². The van der Waals surface area contributed by atoms with E-state index in [0.29, 0.717) is 24.7 Å². The van der Waals surface area contributed by atoms with E-state index in [1.54, 1.807) is 6.92 Å². The number of hydrogen-bond acceptors (Lipinski definition) is 4. The molecule has 6 heteroatoms. The van der Waals surface area contributed by atoms with Crippen LogP contribution in [0.25, 0.3) is 0 Å². The Bertz CT molecular complexity index is 773. The number of likely N-dealkylation sites (tertiary alicyclic amines) is 1.